The van der Waals surface area contributed by atoms with Crippen LogP contribution in [0.5, 0.6) is 0 Å². The van der Waals surface area contributed by atoms with Gasteiger partial charge in [0.2, 0.25) is 0 Å². The van der Waals surface area contributed by atoms with Crippen molar-refractivity contribution in [2.45, 2.75) is 12.0 Å². The van der Waals surface area contributed by atoms with Crippen molar-refractivity contribution < 1.29 is 23.8 Å². The molecule has 1 heterocycles. The Labute approximate surface area is 132 Å². The van der Waals surface area contributed by atoms with E-state index in [9.17, 15) is 19.1 Å². The second-order valence-electron chi connectivity index (χ2n) is 4.51. The molecule has 1 unspecified atom stereocenters. The Balaban J connectivity index is 2.14. The lowest BCUT2D eigenvalue weighted by Crippen LogP contribution is -2.56. The summed E-state index contributed by atoms with van der Waals surface area (Å²) in [7, 11) is 0. The van der Waals surface area contributed by atoms with E-state index in [0.29, 0.717) is 0 Å². The number of nitrogens with one attached hydrogen (secondary N) is 2. The topological polar surface area (TPSA) is 87.7 Å². The van der Waals surface area contributed by atoms with Gasteiger partial charge in [-0.15, -0.1) is 0 Å². The number of rotatable bonds is 3. The van der Waals surface area contributed by atoms with Gasteiger partial charge >= 0.3 is 12.0 Å². The Morgan fingerprint density at radius 1 is 1.48 bits per heavy atom. The van der Waals surface area contributed by atoms with Gasteiger partial charge in [0.1, 0.15) is 5.82 Å². The minimum absolute atomic E-state index is 0.0101. The van der Waals surface area contributed by atoms with E-state index >= 15 is 0 Å². The quantitative estimate of drug-likeness (QED) is 0.751. The molecule has 6 nitrogen and oxygen atoms in total. The monoisotopic (exact) mass is 380 g/mol. The maximum Gasteiger partial charge on any atom is 0.332 e. The number of amides is 2. The Hall–Kier alpha value is -1.38. The van der Waals surface area contributed by atoms with Crippen molar-refractivity contribution in [2.75, 3.05) is 18.5 Å². The van der Waals surface area contributed by atoms with Crippen LogP contribution in [0.4, 0.5) is 14.9 Å². The molecule has 0 radical (unpaired) electrons. The third-order valence-electron chi connectivity index (χ3n) is 3.03. The lowest BCUT2D eigenvalue weighted by atomic mass is 9.99. The van der Waals surface area contributed by atoms with Crippen molar-refractivity contribution in [1.82, 2.24) is 5.32 Å². The van der Waals surface area contributed by atoms with Crippen molar-refractivity contribution in [3.63, 3.8) is 0 Å². The van der Waals surface area contributed by atoms with Crippen LogP contribution < -0.4 is 10.6 Å². The summed E-state index contributed by atoms with van der Waals surface area (Å²) in [4.78, 5) is 23.2. The van der Waals surface area contributed by atoms with Crippen LogP contribution in [0.25, 0.3) is 0 Å². The summed E-state index contributed by atoms with van der Waals surface area (Å²) >= 11 is 8.91. The van der Waals surface area contributed by atoms with E-state index < -0.39 is 23.4 Å². The van der Waals surface area contributed by atoms with E-state index in [0.717, 1.165) is 12.1 Å². The normalized spacial score (nSPS) is 21.1. The van der Waals surface area contributed by atoms with Crippen molar-refractivity contribution in [1.29, 1.82) is 0 Å². The molecule has 1 atom stereocenters. The van der Waals surface area contributed by atoms with Gasteiger partial charge in [0.25, 0.3) is 0 Å². The maximum absolute atomic E-state index is 13.1. The van der Waals surface area contributed by atoms with Crippen LogP contribution in [0.3, 0.4) is 0 Å². The van der Waals surface area contributed by atoms with Crippen LogP contribution in [0.2, 0.25) is 5.02 Å². The van der Waals surface area contributed by atoms with Crippen LogP contribution in [-0.4, -0.2) is 35.9 Å². The van der Waals surface area contributed by atoms with Gasteiger partial charge in [-0.2, -0.15) is 0 Å². The smallest absolute Gasteiger partial charge is 0.332 e. The SMILES string of the molecule is O=C(Nc1c(Cl)cc(F)cc1Br)NC1(C(=O)O)CCOC1. The van der Waals surface area contributed by atoms with Gasteiger partial charge in [-0.25, -0.2) is 14.0 Å². The molecular formula is C12H11BrClFN2O4. The summed E-state index contributed by atoms with van der Waals surface area (Å²) in [5.74, 6) is -1.75. The van der Waals surface area contributed by atoms with Gasteiger partial charge < -0.3 is 20.5 Å². The third-order valence-corrected chi connectivity index (χ3v) is 3.95. The van der Waals surface area contributed by atoms with Crippen LogP contribution in [-0.2, 0) is 9.53 Å². The van der Waals surface area contributed by atoms with E-state index in [2.05, 4.69) is 26.6 Å². The molecule has 1 aliphatic heterocycles. The molecule has 0 aliphatic carbocycles. The zero-order chi connectivity index (χ0) is 15.6. The Bertz CT molecular complexity index is 570. The molecule has 2 rings (SSSR count). The van der Waals surface area contributed by atoms with Crippen LogP contribution in [0.15, 0.2) is 16.6 Å². The Morgan fingerprint density at radius 2 is 2.19 bits per heavy atom. The molecular weight excluding hydrogens is 370 g/mol. The number of aliphatic carboxylic acids is 1. The maximum atomic E-state index is 13.1. The van der Waals surface area contributed by atoms with Gasteiger partial charge in [-0.3, -0.25) is 0 Å². The molecule has 1 aliphatic rings. The van der Waals surface area contributed by atoms with Crippen molar-refractivity contribution >= 4 is 45.2 Å². The number of carboxylic acids is 1. The molecule has 1 saturated heterocycles. The van der Waals surface area contributed by atoms with E-state index in [-0.39, 0.29) is 34.8 Å². The highest BCUT2D eigenvalue weighted by molar-refractivity contribution is 9.10. The van der Waals surface area contributed by atoms with E-state index in [4.69, 9.17) is 16.3 Å². The van der Waals surface area contributed by atoms with E-state index in [1.165, 1.54) is 0 Å². The molecule has 1 fully saturated rings. The molecule has 9 heteroatoms. The van der Waals surface area contributed by atoms with Crippen LogP contribution >= 0.6 is 27.5 Å². The molecule has 1 aromatic rings. The van der Waals surface area contributed by atoms with Gasteiger partial charge in [0.05, 0.1) is 17.3 Å². The zero-order valence-electron chi connectivity index (χ0n) is 10.6. The predicted molar refractivity (Wildman–Crippen MR) is 77.1 cm³/mol. The second kappa shape index (κ2) is 6.17. The minimum Gasteiger partial charge on any atom is -0.479 e. The second-order valence-corrected chi connectivity index (χ2v) is 5.77. The molecule has 0 saturated carbocycles. The number of hydrogen-bond acceptors (Lipinski definition) is 3. The first-order chi connectivity index (χ1) is 9.84. The average molecular weight is 382 g/mol. The van der Waals surface area contributed by atoms with Gasteiger partial charge in [0.15, 0.2) is 5.54 Å². The lowest BCUT2D eigenvalue weighted by molar-refractivity contribution is -0.144. The molecule has 3 N–H and O–H groups in total. The number of carboxylic acid groups (broad SMARTS) is 1. The van der Waals surface area contributed by atoms with Crippen LogP contribution in [0, 0.1) is 5.82 Å². The summed E-state index contributed by atoms with van der Waals surface area (Å²) in [5.41, 5.74) is -1.32. The van der Waals surface area contributed by atoms with Gasteiger partial charge in [-0.05, 0) is 28.1 Å². The standard InChI is InChI=1S/C12H11BrClFN2O4/c13-7-3-6(15)4-8(14)9(7)16-11(20)17-12(10(18)19)1-2-21-5-12/h3-4H,1-2,5H2,(H,18,19)(H2,16,17,20). The fourth-order valence-corrected chi connectivity index (χ4v) is 2.81. The predicted octanol–water partition coefficient (Wildman–Crippen LogP) is 2.61. The number of anilines is 1. The molecule has 0 spiro atoms. The van der Waals surface area contributed by atoms with Crippen LogP contribution in [0.1, 0.15) is 6.42 Å². The Kier molecular flexibility index (Phi) is 4.70. The molecule has 2 amide bonds. The first kappa shape index (κ1) is 16.0. The summed E-state index contributed by atoms with van der Waals surface area (Å²) in [6.45, 7) is 0.127. The number of benzene rings is 1. The minimum atomic E-state index is -1.47. The highest BCUT2D eigenvalue weighted by Crippen LogP contribution is 2.31. The fourth-order valence-electron chi connectivity index (χ4n) is 1.91. The number of hydrogen-bond donors (Lipinski definition) is 3. The number of halogens is 3. The summed E-state index contributed by atoms with van der Waals surface area (Å²) < 4.78 is 18.4. The first-order valence-electron chi connectivity index (χ1n) is 5.89. The first-order valence-corrected chi connectivity index (χ1v) is 7.06. The number of carbonyl (C=O) groups is 2. The third kappa shape index (κ3) is 3.45. The molecule has 0 bridgehead atoms. The van der Waals surface area contributed by atoms with Gasteiger partial charge in [0, 0.05) is 17.5 Å². The van der Waals surface area contributed by atoms with Crippen molar-refractivity contribution in [2.24, 2.45) is 0 Å². The number of carbonyl (C=O) groups excluding carboxylic acids is 1. The molecule has 114 valence electrons. The highest BCUT2D eigenvalue weighted by atomic mass is 79.9. The number of urea groups is 1. The summed E-state index contributed by atoms with van der Waals surface area (Å²) in [6.07, 6.45) is 0.161. The van der Waals surface area contributed by atoms with Crippen molar-refractivity contribution in [3.8, 4) is 0 Å². The molecule has 1 aromatic carbocycles. The largest absolute Gasteiger partial charge is 0.479 e. The zero-order valence-corrected chi connectivity index (χ0v) is 12.9. The Morgan fingerprint density at radius 3 is 2.71 bits per heavy atom. The fraction of sp³-hybridized carbons (Fsp3) is 0.333. The number of ether oxygens (including phenoxy) is 1. The molecule has 0 aromatic heterocycles. The molecule has 21 heavy (non-hydrogen) atoms. The van der Waals surface area contributed by atoms with Gasteiger partial charge in [-0.1, -0.05) is 11.6 Å². The highest BCUT2D eigenvalue weighted by Gasteiger charge is 2.44. The van der Waals surface area contributed by atoms with E-state index in [1.54, 1.807) is 0 Å². The lowest BCUT2D eigenvalue weighted by Gasteiger charge is -2.24. The van der Waals surface area contributed by atoms with Crippen molar-refractivity contribution in [3.05, 3.63) is 27.4 Å². The van der Waals surface area contributed by atoms with E-state index in [1.807, 2.05) is 0 Å². The summed E-state index contributed by atoms with van der Waals surface area (Å²) in [5, 5.41) is 14.0. The summed E-state index contributed by atoms with van der Waals surface area (Å²) in [6, 6.07) is 1.40. The average Bonchev–Trinajstić information content (AvgIpc) is 2.83.